The van der Waals surface area contributed by atoms with Gasteiger partial charge in [-0.3, -0.25) is 9.48 Å². The highest BCUT2D eigenvalue weighted by atomic mass is 16.5. The Morgan fingerprint density at radius 3 is 2.61 bits per heavy atom. The second kappa shape index (κ2) is 7.85. The molecule has 1 aromatic heterocycles. The van der Waals surface area contributed by atoms with Gasteiger partial charge in [0.25, 0.3) is 5.91 Å². The maximum absolute atomic E-state index is 13.2. The SMILES string of the molecule is COc1ccc2c(c1)CCOC21CCN(C(=O)c2cc(-c3ccccc3)n(C)n2)CC1. The number of rotatable bonds is 3. The first-order valence-corrected chi connectivity index (χ1v) is 10.8. The highest BCUT2D eigenvalue weighted by Gasteiger charge is 2.42. The number of aryl methyl sites for hydroxylation is 1. The molecule has 2 aliphatic heterocycles. The molecular weight excluding hydrogens is 390 g/mol. The van der Waals surface area contributed by atoms with Crippen LogP contribution in [0.3, 0.4) is 0 Å². The van der Waals surface area contributed by atoms with E-state index in [0.29, 0.717) is 25.4 Å². The zero-order valence-corrected chi connectivity index (χ0v) is 18.0. The van der Waals surface area contributed by atoms with Gasteiger partial charge in [0.15, 0.2) is 5.69 Å². The Balaban J connectivity index is 1.33. The fourth-order valence-electron chi connectivity index (χ4n) is 4.88. The van der Waals surface area contributed by atoms with Crippen LogP contribution in [0.1, 0.15) is 34.5 Å². The first-order valence-electron chi connectivity index (χ1n) is 10.8. The van der Waals surface area contributed by atoms with Gasteiger partial charge in [-0.15, -0.1) is 0 Å². The lowest BCUT2D eigenvalue weighted by Gasteiger charge is -2.45. The summed E-state index contributed by atoms with van der Waals surface area (Å²) in [7, 11) is 3.58. The van der Waals surface area contributed by atoms with Crippen molar-refractivity contribution < 1.29 is 14.3 Å². The van der Waals surface area contributed by atoms with Crippen molar-refractivity contribution in [1.29, 1.82) is 0 Å². The van der Waals surface area contributed by atoms with Crippen LogP contribution in [0.25, 0.3) is 11.3 Å². The van der Waals surface area contributed by atoms with E-state index in [0.717, 1.165) is 36.3 Å². The number of benzene rings is 2. The first kappa shape index (κ1) is 19.8. The number of carbonyl (C=O) groups is 1. The number of nitrogens with zero attached hydrogens (tertiary/aromatic N) is 3. The summed E-state index contributed by atoms with van der Waals surface area (Å²) in [6.07, 6.45) is 2.47. The molecule has 6 heteroatoms. The third kappa shape index (κ3) is 3.51. The standard InChI is InChI=1S/C25H27N3O3/c1-27-23(18-6-4-3-5-7-18)17-22(26-27)24(29)28-13-11-25(12-14-28)21-9-8-20(30-2)16-19(21)10-15-31-25/h3-9,16-17H,10-15H2,1-2H3. The van der Waals surface area contributed by atoms with Gasteiger partial charge in [0.2, 0.25) is 0 Å². The van der Waals surface area contributed by atoms with Crippen LogP contribution in [-0.2, 0) is 23.8 Å². The predicted molar refractivity (Wildman–Crippen MR) is 118 cm³/mol. The molecule has 1 fully saturated rings. The summed E-state index contributed by atoms with van der Waals surface area (Å²) in [5, 5.41) is 4.50. The Labute approximate surface area is 182 Å². The zero-order valence-electron chi connectivity index (χ0n) is 18.0. The van der Waals surface area contributed by atoms with Crippen LogP contribution in [-0.4, -0.2) is 47.4 Å². The molecular formula is C25H27N3O3. The molecule has 0 aliphatic carbocycles. The number of carbonyl (C=O) groups excluding carboxylic acids is 1. The third-order valence-corrected chi connectivity index (χ3v) is 6.58. The van der Waals surface area contributed by atoms with Crippen molar-refractivity contribution in [1.82, 2.24) is 14.7 Å². The molecule has 5 rings (SSSR count). The quantitative estimate of drug-likeness (QED) is 0.651. The van der Waals surface area contributed by atoms with E-state index in [2.05, 4.69) is 17.2 Å². The minimum absolute atomic E-state index is 0.0154. The lowest BCUT2D eigenvalue weighted by Crippen LogP contribution is -2.48. The molecule has 2 aliphatic rings. The number of hydrogen-bond acceptors (Lipinski definition) is 4. The third-order valence-electron chi connectivity index (χ3n) is 6.58. The number of fused-ring (bicyclic) bond motifs is 2. The maximum atomic E-state index is 13.2. The summed E-state index contributed by atoms with van der Waals surface area (Å²) in [5.41, 5.74) is 4.72. The number of likely N-dealkylation sites (tertiary alicyclic amines) is 1. The van der Waals surface area contributed by atoms with E-state index in [-0.39, 0.29) is 11.5 Å². The second-order valence-electron chi connectivity index (χ2n) is 8.31. The van der Waals surface area contributed by atoms with Gasteiger partial charge >= 0.3 is 0 Å². The van der Waals surface area contributed by atoms with Crippen molar-refractivity contribution in [2.24, 2.45) is 7.05 Å². The molecule has 3 heterocycles. The molecule has 6 nitrogen and oxygen atoms in total. The van der Waals surface area contributed by atoms with Gasteiger partial charge in [-0.2, -0.15) is 5.10 Å². The molecule has 0 N–H and O–H groups in total. The van der Waals surface area contributed by atoms with Crippen LogP contribution < -0.4 is 4.74 Å². The minimum Gasteiger partial charge on any atom is -0.497 e. The maximum Gasteiger partial charge on any atom is 0.274 e. The highest BCUT2D eigenvalue weighted by molar-refractivity contribution is 5.93. The molecule has 3 aromatic rings. The fourth-order valence-corrected chi connectivity index (χ4v) is 4.88. The van der Waals surface area contributed by atoms with E-state index in [4.69, 9.17) is 9.47 Å². The Kier molecular flexibility index (Phi) is 5.02. The molecule has 31 heavy (non-hydrogen) atoms. The summed E-state index contributed by atoms with van der Waals surface area (Å²) in [5.74, 6) is 0.867. The number of piperidine rings is 1. The van der Waals surface area contributed by atoms with E-state index in [1.165, 1.54) is 11.1 Å². The van der Waals surface area contributed by atoms with Crippen molar-refractivity contribution in [3.05, 3.63) is 71.4 Å². The van der Waals surface area contributed by atoms with Crippen LogP contribution in [0.5, 0.6) is 5.75 Å². The lowest BCUT2D eigenvalue weighted by molar-refractivity contribution is -0.0935. The van der Waals surface area contributed by atoms with Gasteiger partial charge in [0.05, 0.1) is 25.0 Å². The van der Waals surface area contributed by atoms with Gasteiger partial charge < -0.3 is 14.4 Å². The summed E-state index contributed by atoms with van der Waals surface area (Å²) in [4.78, 5) is 15.1. The zero-order chi connectivity index (χ0) is 21.4. The average Bonchev–Trinajstić information content (AvgIpc) is 3.21. The van der Waals surface area contributed by atoms with Crippen molar-refractivity contribution in [2.45, 2.75) is 24.9 Å². The van der Waals surface area contributed by atoms with Crippen molar-refractivity contribution in [2.75, 3.05) is 26.8 Å². The smallest absolute Gasteiger partial charge is 0.274 e. The van der Waals surface area contributed by atoms with Crippen molar-refractivity contribution >= 4 is 5.91 Å². The number of hydrogen-bond donors (Lipinski definition) is 0. The fraction of sp³-hybridized carbons (Fsp3) is 0.360. The van der Waals surface area contributed by atoms with E-state index in [1.54, 1.807) is 11.8 Å². The molecule has 2 aromatic carbocycles. The molecule has 1 spiro atoms. The van der Waals surface area contributed by atoms with Gasteiger partial charge in [0, 0.05) is 20.1 Å². The monoisotopic (exact) mass is 417 g/mol. The highest BCUT2D eigenvalue weighted by Crippen LogP contribution is 2.42. The lowest BCUT2D eigenvalue weighted by atomic mass is 9.79. The number of methoxy groups -OCH3 is 1. The first-order chi connectivity index (χ1) is 15.1. The van der Waals surface area contributed by atoms with Crippen LogP contribution in [0, 0.1) is 0 Å². The number of aromatic nitrogens is 2. The Bertz CT molecular complexity index is 1100. The summed E-state index contributed by atoms with van der Waals surface area (Å²) < 4.78 is 13.5. The van der Waals surface area contributed by atoms with Gasteiger partial charge in [-0.1, -0.05) is 36.4 Å². The Morgan fingerprint density at radius 1 is 1.10 bits per heavy atom. The van der Waals surface area contributed by atoms with Gasteiger partial charge in [-0.25, -0.2) is 0 Å². The minimum atomic E-state index is -0.310. The van der Waals surface area contributed by atoms with E-state index in [9.17, 15) is 4.79 Å². The normalized spacial score (nSPS) is 17.4. The molecule has 1 saturated heterocycles. The molecule has 160 valence electrons. The van der Waals surface area contributed by atoms with E-state index >= 15 is 0 Å². The van der Waals surface area contributed by atoms with Gasteiger partial charge in [-0.05, 0) is 54.2 Å². The average molecular weight is 418 g/mol. The second-order valence-corrected chi connectivity index (χ2v) is 8.31. The van der Waals surface area contributed by atoms with E-state index in [1.807, 2.05) is 54.4 Å². The number of ether oxygens (including phenoxy) is 2. The van der Waals surface area contributed by atoms with Gasteiger partial charge in [0.1, 0.15) is 5.75 Å². The molecule has 1 amide bonds. The molecule has 0 radical (unpaired) electrons. The molecule has 0 atom stereocenters. The number of amides is 1. The largest absolute Gasteiger partial charge is 0.497 e. The summed E-state index contributed by atoms with van der Waals surface area (Å²) >= 11 is 0. The Hall–Kier alpha value is -3.12. The van der Waals surface area contributed by atoms with E-state index < -0.39 is 0 Å². The van der Waals surface area contributed by atoms with Crippen LogP contribution >= 0.6 is 0 Å². The van der Waals surface area contributed by atoms with Crippen molar-refractivity contribution in [3.8, 4) is 17.0 Å². The molecule has 0 bridgehead atoms. The van der Waals surface area contributed by atoms with Crippen LogP contribution in [0.15, 0.2) is 54.6 Å². The summed E-state index contributed by atoms with van der Waals surface area (Å²) in [6.45, 7) is 2.01. The van der Waals surface area contributed by atoms with Crippen LogP contribution in [0.4, 0.5) is 0 Å². The molecule has 0 unspecified atom stereocenters. The summed E-state index contributed by atoms with van der Waals surface area (Å²) in [6, 6.07) is 18.2. The Morgan fingerprint density at radius 2 is 1.87 bits per heavy atom. The predicted octanol–water partition coefficient (Wildman–Crippen LogP) is 3.80. The van der Waals surface area contributed by atoms with Crippen LogP contribution in [0.2, 0.25) is 0 Å². The topological polar surface area (TPSA) is 56.6 Å². The molecule has 0 saturated carbocycles. The van der Waals surface area contributed by atoms with Crippen molar-refractivity contribution in [3.63, 3.8) is 0 Å².